The topological polar surface area (TPSA) is 59.1 Å². The van der Waals surface area contributed by atoms with Gasteiger partial charge in [-0.05, 0) is 57.9 Å². The van der Waals surface area contributed by atoms with Crippen molar-refractivity contribution in [1.29, 1.82) is 0 Å². The maximum Gasteiger partial charge on any atom is 0.136 e. The zero-order chi connectivity index (χ0) is 17.6. The number of aromatic nitrogens is 2. The van der Waals surface area contributed by atoms with E-state index in [0.717, 1.165) is 28.9 Å². The Morgan fingerprint density at radius 3 is 2.36 bits per heavy atom. The lowest BCUT2D eigenvalue weighted by Gasteiger charge is -2.23. The van der Waals surface area contributed by atoms with Crippen molar-refractivity contribution in [2.45, 2.75) is 65.0 Å². The van der Waals surface area contributed by atoms with Crippen LogP contribution >= 0.6 is 0 Å². The normalized spacial score (nSPS) is 15.2. The molecule has 1 aliphatic carbocycles. The number of ether oxygens (including phenoxy) is 1. The van der Waals surface area contributed by atoms with Gasteiger partial charge >= 0.3 is 0 Å². The van der Waals surface area contributed by atoms with Gasteiger partial charge in [0.05, 0.1) is 6.10 Å². The summed E-state index contributed by atoms with van der Waals surface area (Å²) >= 11 is 0. The van der Waals surface area contributed by atoms with Crippen molar-refractivity contribution in [2.75, 3.05) is 10.6 Å². The minimum absolute atomic E-state index is 0.178. The van der Waals surface area contributed by atoms with E-state index in [4.69, 9.17) is 4.74 Å². The van der Waals surface area contributed by atoms with E-state index in [1.165, 1.54) is 32.1 Å². The van der Waals surface area contributed by atoms with Gasteiger partial charge in [0, 0.05) is 17.8 Å². The Kier molecular flexibility index (Phi) is 5.74. The molecule has 0 aliphatic heterocycles. The summed E-state index contributed by atoms with van der Waals surface area (Å²) in [7, 11) is 0. The van der Waals surface area contributed by atoms with Crippen molar-refractivity contribution in [3.63, 3.8) is 0 Å². The number of nitrogens with zero attached hydrogens (tertiary/aromatic N) is 2. The Morgan fingerprint density at radius 2 is 1.68 bits per heavy atom. The van der Waals surface area contributed by atoms with E-state index in [0.29, 0.717) is 6.04 Å². The Morgan fingerprint density at radius 1 is 1.00 bits per heavy atom. The van der Waals surface area contributed by atoms with Gasteiger partial charge in [0.1, 0.15) is 23.2 Å². The lowest BCUT2D eigenvalue weighted by atomic mass is 9.95. The monoisotopic (exact) mass is 340 g/mol. The Hall–Kier alpha value is -2.30. The highest BCUT2D eigenvalue weighted by molar-refractivity contribution is 5.60. The first-order chi connectivity index (χ1) is 12.1. The largest absolute Gasteiger partial charge is 0.491 e. The molecular weight excluding hydrogens is 312 g/mol. The summed E-state index contributed by atoms with van der Waals surface area (Å²) < 4.78 is 5.68. The van der Waals surface area contributed by atoms with Crippen molar-refractivity contribution in [1.82, 2.24) is 9.97 Å². The van der Waals surface area contributed by atoms with Crippen LogP contribution in [0.5, 0.6) is 5.75 Å². The highest BCUT2D eigenvalue weighted by atomic mass is 16.5. The summed E-state index contributed by atoms with van der Waals surface area (Å²) in [5.41, 5.74) is 0.984. The van der Waals surface area contributed by atoms with Gasteiger partial charge in [0.2, 0.25) is 0 Å². The molecule has 1 heterocycles. The molecule has 0 bridgehead atoms. The molecule has 0 atom stereocenters. The van der Waals surface area contributed by atoms with Crippen LogP contribution in [0.3, 0.4) is 0 Å². The van der Waals surface area contributed by atoms with Gasteiger partial charge < -0.3 is 15.4 Å². The molecular formula is C20H28N4O. The van der Waals surface area contributed by atoms with Gasteiger partial charge in [-0.2, -0.15) is 0 Å². The average Bonchev–Trinajstić information content (AvgIpc) is 2.56. The first-order valence-corrected chi connectivity index (χ1v) is 9.24. The van der Waals surface area contributed by atoms with E-state index in [9.17, 15) is 0 Å². The van der Waals surface area contributed by atoms with Crippen LogP contribution in [0.1, 0.15) is 51.8 Å². The van der Waals surface area contributed by atoms with Gasteiger partial charge in [-0.25, -0.2) is 9.97 Å². The molecule has 2 N–H and O–H groups in total. The van der Waals surface area contributed by atoms with Gasteiger partial charge in [-0.3, -0.25) is 0 Å². The molecule has 0 saturated heterocycles. The van der Waals surface area contributed by atoms with Gasteiger partial charge in [-0.1, -0.05) is 19.3 Å². The van der Waals surface area contributed by atoms with Gasteiger partial charge in [0.25, 0.3) is 0 Å². The van der Waals surface area contributed by atoms with E-state index in [1.807, 2.05) is 51.1 Å². The quantitative estimate of drug-likeness (QED) is 0.769. The molecule has 134 valence electrons. The molecule has 1 fully saturated rings. The fourth-order valence-electron chi connectivity index (χ4n) is 3.20. The van der Waals surface area contributed by atoms with E-state index >= 15 is 0 Å². The van der Waals surface area contributed by atoms with E-state index < -0.39 is 0 Å². The van der Waals surface area contributed by atoms with Crippen LogP contribution in [0.15, 0.2) is 30.3 Å². The second kappa shape index (κ2) is 8.19. The number of benzene rings is 1. The number of rotatable bonds is 6. The Balaban J connectivity index is 1.67. The number of nitrogens with one attached hydrogen (secondary N) is 2. The van der Waals surface area contributed by atoms with E-state index in [2.05, 4.69) is 20.6 Å². The first-order valence-electron chi connectivity index (χ1n) is 9.24. The molecule has 1 aromatic carbocycles. The van der Waals surface area contributed by atoms with Crippen molar-refractivity contribution < 1.29 is 4.74 Å². The van der Waals surface area contributed by atoms with Crippen molar-refractivity contribution in [3.05, 3.63) is 36.2 Å². The second-order valence-electron chi connectivity index (χ2n) is 6.98. The summed E-state index contributed by atoms with van der Waals surface area (Å²) in [6.45, 7) is 5.98. The summed E-state index contributed by atoms with van der Waals surface area (Å²) in [6, 6.07) is 10.5. The number of hydrogen-bond acceptors (Lipinski definition) is 5. The molecule has 25 heavy (non-hydrogen) atoms. The lowest BCUT2D eigenvalue weighted by molar-refractivity contribution is 0.242. The molecule has 0 radical (unpaired) electrons. The number of aryl methyl sites for hydroxylation is 1. The highest BCUT2D eigenvalue weighted by Crippen LogP contribution is 2.24. The standard InChI is InChI=1S/C20H28N4O/c1-14(2)25-18-11-9-17(10-12-18)24-20-13-19(21-15(3)22-20)23-16-7-5-4-6-8-16/h9-14,16H,4-8H2,1-3H3,(H2,21,22,23,24). The van der Waals surface area contributed by atoms with Crippen LogP contribution in [0.4, 0.5) is 17.3 Å². The third-order valence-electron chi connectivity index (χ3n) is 4.29. The third-order valence-corrected chi connectivity index (χ3v) is 4.29. The SMILES string of the molecule is Cc1nc(Nc2ccc(OC(C)C)cc2)cc(NC2CCCCC2)n1. The molecule has 0 unspecified atom stereocenters. The van der Waals surface area contributed by atoms with Crippen LogP contribution in [0.25, 0.3) is 0 Å². The zero-order valence-corrected chi connectivity index (χ0v) is 15.4. The van der Waals surface area contributed by atoms with E-state index in [1.54, 1.807) is 0 Å². The lowest BCUT2D eigenvalue weighted by Crippen LogP contribution is -2.23. The predicted molar refractivity (Wildman–Crippen MR) is 103 cm³/mol. The zero-order valence-electron chi connectivity index (χ0n) is 15.4. The van der Waals surface area contributed by atoms with Crippen molar-refractivity contribution >= 4 is 17.3 Å². The predicted octanol–water partition coefficient (Wildman–Crippen LogP) is 5.06. The van der Waals surface area contributed by atoms with Crippen LogP contribution in [0, 0.1) is 6.92 Å². The van der Waals surface area contributed by atoms with Crippen LogP contribution in [0.2, 0.25) is 0 Å². The van der Waals surface area contributed by atoms with Crippen molar-refractivity contribution in [2.24, 2.45) is 0 Å². The molecule has 0 spiro atoms. The van der Waals surface area contributed by atoms with Crippen LogP contribution in [-0.4, -0.2) is 22.1 Å². The summed E-state index contributed by atoms with van der Waals surface area (Å²) in [5.74, 6) is 3.35. The summed E-state index contributed by atoms with van der Waals surface area (Å²) in [5, 5.41) is 6.92. The molecule has 0 amide bonds. The van der Waals surface area contributed by atoms with Crippen LogP contribution < -0.4 is 15.4 Å². The third kappa shape index (κ3) is 5.34. The van der Waals surface area contributed by atoms with Gasteiger partial charge in [-0.15, -0.1) is 0 Å². The molecule has 3 rings (SSSR count). The number of hydrogen-bond donors (Lipinski definition) is 2. The fraction of sp³-hybridized carbons (Fsp3) is 0.500. The summed E-state index contributed by atoms with van der Waals surface area (Å²) in [6.07, 6.45) is 6.59. The fourth-order valence-corrected chi connectivity index (χ4v) is 3.20. The molecule has 5 nitrogen and oxygen atoms in total. The average molecular weight is 340 g/mol. The maximum absolute atomic E-state index is 5.68. The number of anilines is 3. The summed E-state index contributed by atoms with van der Waals surface area (Å²) in [4.78, 5) is 9.03. The molecule has 5 heteroatoms. The molecule has 1 saturated carbocycles. The molecule has 1 aliphatic rings. The highest BCUT2D eigenvalue weighted by Gasteiger charge is 2.14. The van der Waals surface area contributed by atoms with Gasteiger partial charge in [0.15, 0.2) is 0 Å². The minimum atomic E-state index is 0.178. The molecule has 2 aromatic rings. The maximum atomic E-state index is 5.68. The molecule has 1 aromatic heterocycles. The van der Waals surface area contributed by atoms with Crippen LogP contribution in [-0.2, 0) is 0 Å². The minimum Gasteiger partial charge on any atom is -0.491 e. The second-order valence-corrected chi connectivity index (χ2v) is 6.98. The first kappa shape index (κ1) is 17.5. The Bertz CT molecular complexity index is 679. The Labute approximate surface area is 150 Å². The smallest absolute Gasteiger partial charge is 0.136 e. The van der Waals surface area contributed by atoms with Crippen molar-refractivity contribution in [3.8, 4) is 5.75 Å². The van der Waals surface area contributed by atoms with E-state index in [-0.39, 0.29) is 6.10 Å².